The van der Waals surface area contributed by atoms with E-state index in [1.54, 1.807) is 0 Å². The first kappa shape index (κ1) is 13.6. The molecule has 0 amide bonds. The Morgan fingerprint density at radius 3 is 2.89 bits per heavy atom. The van der Waals surface area contributed by atoms with Crippen molar-refractivity contribution < 1.29 is 9.90 Å². The lowest BCUT2D eigenvalue weighted by Crippen LogP contribution is -2.35. The van der Waals surface area contributed by atoms with Crippen LogP contribution in [0.15, 0.2) is 12.3 Å². The minimum atomic E-state index is -0.979. The van der Waals surface area contributed by atoms with Crippen LogP contribution in [0.4, 0.5) is 11.5 Å². The van der Waals surface area contributed by atoms with Crippen molar-refractivity contribution in [2.24, 2.45) is 11.8 Å². The van der Waals surface area contributed by atoms with E-state index in [0.29, 0.717) is 23.6 Å². The van der Waals surface area contributed by atoms with Crippen LogP contribution in [-0.2, 0) is 0 Å². The highest BCUT2D eigenvalue weighted by Crippen LogP contribution is 2.32. The van der Waals surface area contributed by atoms with Gasteiger partial charge in [0, 0.05) is 6.04 Å². The average Bonchev–Trinajstić information content (AvgIpc) is 2.36. The zero-order valence-corrected chi connectivity index (χ0v) is 11.4. The Labute approximate surface area is 113 Å². The molecule has 1 fully saturated rings. The van der Waals surface area contributed by atoms with E-state index in [2.05, 4.69) is 24.1 Å². The van der Waals surface area contributed by atoms with E-state index in [1.165, 1.54) is 25.1 Å². The molecule has 3 unspecified atom stereocenters. The summed E-state index contributed by atoms with van der Waals surface area (Å²) in [5.74, 6) is 0.426. The largest absolute Gasteiger partial charge is 0.478 e. The van der Waals surface area contributed by atoms with Gasteiger partial charge in [-0.2, -0.15) is 0 Å². The number of nitrogens with one attached hydrogen (secondary N) is 1. The number of hydrogen-bond donors (Lipinski definition) is 3. The fraction of sp³-hybridized carbons (Fsp3) is 0.571. The summed E-state index contributed by atoms with van der Waals surface area (Å²) in [4.78, 5) is 15.2. The van der Waals surface area contributed by atoms with Crippen LogP contribution in [0.1, 0.15) is 43.5 Å². The highest BCUT2D eigenvalue weighted by molar-refractivity contribution is 5.94. The lowest BCUT2D eigenvalue weighted by molar-refractivity contribution is 0.0697. The Balaban J connectivity index is 2.21. The fourth-order valence-corrected chi connectivity index (χ4v) is 2.75. The molecule has 0 saturated heterocycles. The Hall–Kier alpha value is -1.78. The maximum Gasteiger partial charge on any atom is 0.337 e. The maximum absolute atomic E-state index is 11.2. The molecule has 1 saturated carbocycles. The molecular weight excluding hydrogens is 242 g/mol. The predicted octanol–water partition coefficient (Wildman–Crippen LogP) is 2.60. The molecule has 5 heteroatoms. The highest BCUT2D eigenvalue weighted by atomic mass is 16.4. The van der Waals surface area contributed by atoms with Crippen LogP contribution >= 0.6 is 0 Å². The van der Waals surface area contributed by atoms with E-state index in [4.69, 9.17) is 5.73 Å². The first-order valence-electron chi connectivity index (χ1n) is 6.74. The Morgan fingerprint density at radius 2 is 2.21 bits per heavy atom. The van der Waals surface area contributed by atoms with Gasteiger partial charge in [0.1, 0.15) is 5.82 Å². The van der Waals surface area contributed by atoms with Crippen molar-refractivity contribution in [3.8, 4) is 0 Å². The third-order valence-electron chi connectivity index (χ3n) is 4.20. The SMILES string of the molecule is CC1CCCC(Nc2cnc(N)cc2C(=O)O)C1C. The number of carboxylic acid groups (broad SMARTS) is 1. The van der Waals surface area contributed by atoms with Crippen LogP contribution in [0.5, 0.6) is 0 Å². The highest BCUT2D eigenvalue weighted by Gasteiger charge is 2.27. The van der Waals surface area contributed by atoms with Gasteiger partial charge in [0.15, 0.2) is 0 Å². The number of nitrogens with zero attached hydrogens (tertiary/aromatic N) is 1. The lowest BCUT2D eigenvalue weighted by atomic mass is 9.78. The van der Waals surface area contributed by atoms with Crippen molar-refractivity contribution in [2.45, 2.75) is 39.2 Å². The second-order valence-corrected chi connectivity index (χ2v) is 5.48. The molecule has 1 aromatic rings. The molecule has 4 N–H and O–H groups in total. The van der Waals surface area contributed by atoms with Crippen molar-refractivity contribution >= 4 is 17.5 Å². The molecule has 0 spiro atoms. The molecule has 0 aliphatic heterocycles. The molecule has 1 aliphatic rings. The van der Waals surface area contributed by atoms with Gasteiger partial charge >= 0.3 is 5.97 Å². The number of nitrogens with two attached hydrogens (primary N) is 1. The van der Waals surface area contributed by atoms with E-state index < -0.39 is 5.97 Å². The van der Waals surface area contributed by atoms with E-state index in [1.807, 2.05) is 0 Å². The minimum Gasteiger partial charge on any atom is -0.478 e. The van der Waals surface area contributed by atoms with Gasteiger partial charge in [-0.15, -0.1) is 0 Å². The summed E-state index contributed by atoms with van der Waals surface area (Å²) in [7, 11) is 0. The number of rotatable bonds is 3. The summed E-state index contributed by atoms with van der Waals surface area (Å²) in [5, 5.41) is 12.6. The van der Waals surface area contributed by atoms with Crippen LogP contribution in [0.25, 0.3) is 0 Å². The lowest BCUT2D eigenvalue weighted by Gasteiger charge is -2.35. The standard InChI is InChI=1S/C14H21N3O2/c1-8-4-3-5-11(9(8)2)17-12-7-16-13(15)6-10(12)14(18)19/h6-9,11,17H,3-5H2,1-2H3,(H2,15,16)(H,18,19). The minimum absolute atomic E-state index is 0.193. The van der Waals surface area contributed by atoms with Gasteiger partial charge in [-0.1, -0.05) is 26.7 Å². The number of carboxylic acids is 1. The molecule has 1 heterocycles. The van der Waals surface area contributed by atoms with E-state index in [9.17, 15) is 9.90 Å². The summed E-state index contributed by atoms with van der Waals surface area (Å²) < 4.78 is 0. The van der Waals surface area contributed by atoms with E-state index in [-0.39, 0.29) is 11.4 Å². The monoisotopic (exact) mass is 263 g/mol. The van der Waals surface area contributed by atoms with E-state index in [0.717, 1.165) is 6.42 Å². The van der Waals surface area contributed by atoms with Gasteiger partial charge in [0.05, 0.1) is 17.4 Å². The normalized spacial score (nSPS) is 26.9. The first-order valence-corrected chi connectivity index (χ1v) is 6.74. The second-order valence-electron chi connectivity index (χ2n) is 5.48. The molecule has 3 atom stereocenters. The fourth-order valence-electron chi connectivity index (χ4n) is 2.75. The summed E-state index contributed by atoms with van der Waals surface area (Å²) in [6.07, 6.45) is 5.00. The van der Waals surface area contributed by atoms with Crippen LogP contribution < -0.4 is 11.1 Å². The number of nitrogen functional groups attached to an aromatic ring is 1. The van der Waals surface area contributed by atoms with Gasteiger partial charge in [-0.3, -0.25) is 0 Å². The second kappa shape index (κ2) is 5.47. The molecule has 1 aliphatic carbocycles. The summed E-state index contributed by atoms with van der Waals surface area (Å²) in [6, 6.07) is 1.70. The molecular formula is C14H21N3O2. The quantitative estimate of drug-likeness (QED) is 0.780. The number of hydrogen-bond acceptors (Lipinski definition) is 4. The average molecular weight is 263 g/mol. The molecule has 2 rings (SSSR count). The van der Waals surface area contributed by atoms with Gasteiger partial charge < -0.3 is 16.2 Å². The molecule has 19 heavy (non-hydrogen) atoms. The smallest absolute Gasteiger partial charge is 0.337 e. The van der Waals surface area contributed by atoms with Crippen LogP contribution in [0.3, 0.4) is 0 Å². The summed E-state index contributed by atoms with van der Waals surface area (Å²) >= 11 is 0. The van der Waals surface area contributed by atoms with Crippen molar-refractivity contribution in [3.63, 3.8) is 0 Å². The molecule has 0 bridgehead atoms. The van der Waals surface area contributed by atoms with Gasteiger partial charge in [0.25, 0.3) is 0 Å². The van der Waals surface area contributed by atoms with Gasteiger partial charge in [-0.05, 0) is 24.3 Å². The Bertz CT molecular complexity index is 476. The summed E-state index contributed by atoms with van der Waals surface area (Å²) in [5.41, 5.74) is 6.30. The Kier molecular flexibility index (Phi) is 3.93. The van der Waals surface area contributed by atoms with Crippen molar-refractivity contribution in [1.29, 1.82) is 0 Å². The predicted molar refractivity (Wildman–Crippen MR) is 75.2 cm³/mol. The third-order valence-corrected chi connectivity index (χ3v) is 4.20. The Morgan fingerprint density at radius 1 is 1.47 bits per heavy atom. The molecule has 1 aromatic heterocycles. The topological polar surface area (TPSA) is 88.2 Å². The van der Waals surface area contributed by atoms with E-state index >= 15 is 0 Å². The van der Waals surface area contributed by atoms with Crippen molar-refractivity contribution in [1.82, 2.24) is 4.98 Å². The zero-order valence-electron chi connectivity index (χ0n) is 11.4. The zero-order chi connectivity index (χ0) is 14.0. The number of aromatic nitrogens is 1. The van der Waals surface area contributed by atoms with Crippen molar-refractivity contribution in [3.05, 3.63) is 17.8 Å². The number of carbonyl (C=O) groups is 1. The summed E-state index contributed by atoms with van der Waals surface area (Å²) in [6.45, 7) is 4.46. The number of aromatic carboxylic acids is 1. The van der Waals surface area contributed by atoms with Crippen LogP contribution in [0.2, 0.25) is 0 Å². The molecule has 104 valence electrons. The first-order chi connectivity index (χ1) is 8.99. The van der Waals surface area contributed by atoms with Gasteiger partial charge in [0.2, 0.25) is 0 Å². The number of pyridine rings is 1. The molecule has 0 radical (unpaired) electrons. The van der Waals surface area contributed by atoms with Crippen molar-refractivity contribution in [2.75, 3.05) is 11.1 Å². The molecule has 0 aromatic carbocycles. The maximum atomic E-state index is 11.2. The van der Waals surface area contributed by atoms with Crippen LogP contribution in [-0.4, -0.2) is 22.1 Å². The van der Waals surface area contributed by atoms with Crippen LogP contribution in [0, 0.1) is 11.8 Å². The number of anilines is 2. The molecule has 5 nitrogen and oxygen atoms in total. The van der Waals surface area contributed by atoms with Gasteiger partial charge in [-0.25, -0.2) is 9.78 Å². The third kappa shape index (κ3) is 2.97.